The van der Waals surface area contributed by atoms with Crippen LogP contribution in [0.25, 0.3) is 0 Å². The second-order valence-electron chi connectivity index (χ2n) is 4.23. The molecular formula is C14H21N3S. The minimum Gasteiger partial charge on any atom is -0.334 e. The fourth-order valence-corrected chi connectivity index (χ4v) is 3.31. The Morgan fingerprint density at radius 1 is 1.39 bits per heavy atom. The topological polar surface area (TPSA) is 29.9 Å². The van der Waals surface area contributed by atoms with E-state index >= 15 is 0 Å². The molecule has 0 aliphatic heterocycles. The molecule has 0 fully saturated rings. The van der Waals surface area contributed by atoms with Crippen molar-refractivity contribution in [3.63, 3.8) is 0 Å². The molecule has 0 bridgehead atoms. The SMILES string of the molecule is CCNC(c1sccc1CC)c1nccn1CC. The molecule has 0 aliphatic rings. The summed E-state index contributed by atoms with van der Waals surface area (Å²) in [5, 5.41) is 5.74. The first-order valence-corrected chi connectivity index (χ1v) is 7.50. The Morgan fingerprint density at radius 2 is 2.22 bits per heavy atom. The first kappa shape index (κ1) is 13.3. The van der Waals surface area contributed by atoms with Gasteiger partial charge in [-0.1, -0.05) is 13.8 Å². The van der Waals surface area contributed by atoms with Crippen molar-refractivity contribution in [2.45, 2.75) is 39.8 Å². The largest absolute Gasteiger partial charge is 0.334 e. The number of hydrogen-bond acceptors (Lipinski definition) is 3. The van der Waals surface area contributed by atoms with Crippen LogP contribution in [0.15, 0.2) is 23.8 Å². The summed E-state index contributed by atoms with van der Waals surface area (Å²) in [6.07, 6.45) is 5.02. The van der Waals surface area contributed by atoms with E-state index < -0.39 is 0 Å². The van der Waals surface area contributed by atoms with Gasteiger partial charge in [0.05, 0.1) is 0 Å². The van der Waals surface area contributed by atoms with Crippen molar-refractivity contribution in [3.05, 3.63) is 40.1 Å². The zero-order valence-electron chi connectivity index (χ0n) is 11.3. The van der Waals surface area contributed by atoms with Crippen LogP contribution in [0.5, 0.6) is 0 Å². The van der Waals surface area contributed by atoms with Gasteiger partial charge in [0.25, 0.3) is 0 Å². The predicted molar refractivity (Wildman–Crippen MR) is 77.1 cm³/mol. The lowest BCUT2D eigenvalue weighted by Crippen LogP contribution is -2.25. The van der Waals surface area contributed by atoms with Crippen LogP contribution in [0.2, 0.25) is 0 Å². The standard InChI is InChI=1S/C14H21N3S/c1-4-11-7-10-18-13(11)12(15-5-2)14-16-8-9-17(14)6-3/h7-10,12,15H,4-6H2,1-3H3. The summed E-state index contributed by atoms with van der Waals surface area (Å²) in [6, 6.07) is 2.45. The molecule has 98 valence electrons. The van der Waals surface area contributed by atoms with Gasteiger partial charge in [-0.15, -0.1) is 11.3 Å². The normalized spacial score (nSPS) is 12.8. The number of thiophene rings is 1. The Balaban J connectivity index is 2.40. The van der Waals surface area contributed by atoms with E-state index in [1.807, 2.05) is 17.5 Å². The third kappa shape index (κ3) is 2.49. The summed E-state index contributed by atoms with van der Waals surface area (Å²) in [5.74, 6) is 1.12. The molecule has 18 heavy (non-hydrogen) atoms. The van der Waals surface area contributed by atoms with Crippen molar-refractivity contribution in [2.24, 2.45) is 0 Å². The van der Waals surface area contributed by atoms with Crippen molar-refractivity contribution in [1.82, 2.24) is 14.9 Å². The van der Waals surface area contributed by atoms with Crippen molar-refractivity contribution < 1.29 is 0 Å². The molecule has 0 aliphatic carbocycles. The molecule has 0 amide bonds. The van der Waals surface area contributed by atoms with Gasteiger partial charge >= 0.3 is 0 Å². The minimum absolute atomic E-state index is 0.222. The molecule has 3 nitrogen and oxygen atoms in total. The van der Waals surface area contributed by atoms with E-state index in [9.17, 15) is 0 Å². The Labute approximate surface area is 113 Å². The predicted octanol–water partition coefficient (Wildman–Crippen LogP) is 3.23. The van der Waals surface area contributed by atoms with Crippen molar-refractivity contribution >= 4 is 11.3 Å². The summed E-state index contributed by atoms with van der Waals surface area (Å²) in [4.78, 5) is 5.95. The van der Waals surface area contributed by atoms with Crippen molar-refractivity contribution in [2.75, 3.05) is 6.54 Å². The van der Waals surface area contributed by atoms with Gasteiger partial charge in [0.1, 0.15) is 11.9 Å². The van der Waals surface area contributed by atoms with Gasteiger partial charge in [0, 0.05) is 23.8 Å². The highest BCUT2D eigenvalue weighted by atomic mass is 32.1. The molecule has 2 aromatic rings. The summed E-state index contributed by atoms with van der Waals surface area (Å²) < 4.78 is 2.21. The lowest BCUT2D eigenvalue weighted by Gasteiger charge is -2.19. The number of rotatable bonds is 6. The minimum atomic E-state index is 0.222. The Kier molecular flexibility index (Phi) is 4.55. The smallest absolute Gasteiger partial charge is 0.131 e. The zero-order chi connectivity index (χ0) is 13.0. The maximum Gasteiger partial charge on any atom is 0.131 e. The van der Waals surface area contributed by atoms with E-state index in [0.717, 1.165) is 25.3 Å². The van der Waals surface area contributed by atoms with Crippen LogP contribution in [0, 0.1) is 0 Å². The van der Waals surface area contributed by atoms with Gasteiger partial charge in [0.15, 0.2) is 0 Å². The van der Waals surface area contributed by atoms with Gasteiger partial charge in [-0.25, -0.2) is 4.98 Å². The number of aryl methyl sites for hydroxylation is 2. The lowest BCUT2D eigenvalue weighted by molar-refractivity contribution is 0.563. The van der Waals surface area contributed by atoms with Crippen molar-refractivity contribution in [1.29, 1.82) is 0 Å². The first-order valence-electron chi connectivity index (χ1n) is 6.62. The Bertz CT molecular complexity index is 444. The van der Waals surface area contributed by atoms with Gasteiger partial charge in [-0.3, -0.25) is 0 Å². The molecule has 4 heteroatoms. The molecule has 1 unspecified atom stereocenters. The molecule has 2 rings (SSSR count). The molecule has 0 aromatic carbocycles. The third-order valence-corrected chi connectivity index (χ3v) is 4.20. The number of aromatic nitrogens is 2. The van der Waals surface area contributed by atoms with Crippen LogP contribution in [-0.4, -0.2) is 16.1 Å². The number of imidazole rings is 1. The van der Waals surface area contributed by atoms with Gasteiger partial charge in [-0.2, -0.15) is 0 Å². The van der Waals surface area contributed by atoms with Crippen LogP contribution in [0.4, 0.5) is 0 Å². The van der Waals surface area contributed by atoms with Crippen LogP contribution >= 0.6 is 11.3 Å². The summed E-state index contributed by atoms with van der Waals surface area (Å²) in [5.41, 5.74) is 1.43. The van der Waals surface area contributed by atoms with Gasteiger partial charge in [-0.05, 0) is 36.9 Å². The second kappa shape index (κ2) is 6.16. The summed E-state index contributed by atoms with van der Waals surface area (Å²) in [6.45, 7) is 8.42. The first-order chi connectivity index (χ1) is 8.81. The van der Waals surface area contributed by atoms with Gasteiger partial charge in [0.2, 0.25) is 0 Å². The average Bonchev–Trinajstić information content (AvgIpc) is 3.04. The molecular weight excluding hydrogens is 242 g/mol. The molecule has 0 saturated heterocycles. The van der Waals surface area contributed by atoms with E-state index in [0.29, 0.717) is 0 Å². The summed E-state index contributed by atoms with van der Waals surface area (Å²) >= 11 is 1.82. The Morgan fingerprint density at radius 3 is 2.89 bits per heavy atom. The molecule has 1 atom stereocenters. The van der Waals surface area contributed by atoms with Gasteiger partial charge < -0.3 is 9.88 Å². The van der Waals surface area contributed by atoms with E-state index in [1.54, 1.807) is 0 Å². The maximum absolute atomic E-state index is 4.54. The zero-order valence-corrected chi connectivity index (χ0v) is 12.1. The van der Waals surface area contributed by atoms with Crippen LogP contribution in [0.1, 0.15) is 43.1 Å². The fourth-order valence-electron chi connectivity index (χ4n) is 2.25. The van der Waals surface area contributed by atoms with Crippen LogP contribution in [-0.2, 0) is 13.0 Å². The highest BCUT2D eigenvalue weighted by Crippen LogP contribution is 2.29. The average molecular weight is 263 g/mol. The maximum atomic E-state index is 4.54. The van der Waals surface area contributed by atoms with Crippen LogP contribution < -0.4 is 5.32 Å². The van der Waals surface area contributed by atoms with E-state index in [4.69, 9.17) is 0 Å². The summed E-state index contributed by atoms with van der Waals surface area (Å²) in [7, 11) is 0. The quantitative estimate of drug-likeness (QED) is 0.867. The monoisotopic (exact) mass is 263 g/mol. The van der Waals surface area contributed by atoms with E-state index in [2.05, 4.69) is 53.3 Å². The van der Waals surface area contributed by atoms with Crippen molar-refractivity contribution in [3.8, 4) is 0 Å². The molecule has 2 heterocycles. The lowest BCUT2D eigenvalue weighted by atomic mass is 10.1. The molecule has 0 radical (unpaired) electrons. The highest BCUT2D eigenvalue weighted by molar-refractivity contribution is 7.10. The molecule has 2 aromatic heterocycles. The number of nitrogens with zero attached hydrogens (tertiary/aromatic N) is 2. The number of nitrogens with one attached hydrogen (secondary N) is 1. The fraction of sp³-hybridized carbons (Fsp3) is 0.500. The molecule has 0 spiro atoms. The highest BCUT2D eigenvalue weighted by Gasteiger charge is 2.21. The third-order valence-electron chi connectivity index (χ3n) is 3.18. The van der Waals surface area contributed by atoms with E-state index in [1.165, 1.54) is 10.4 Å². The Hall–Kier alpha value is -1.13. The van der Waals surface area contributed by atoms with E-state index in [-0.39, 0.29) is 6.04 Å². The number of hydrogen-bond donors (Lipinski definition) is 1. The molecule has 0 saturated carbocycles. The molecule has 1 N–H and O–H groups in total. The van der Waals surface area contributed by atoms with Crippen LogP contribution in [0.3, 0.4) is 0 Å². The second-order valence-corrected chi connectivity index (χ2v) is 5.17.